The second kappa shape index (κ2) is 6.40. The number of ether oxygens (including phenoxy) is 1. The van der Waals surface area contributed by atoms with Gasteiger partial charge in [-0.25, -0.2) is 13.6 Å². The lowest BCUT2D eigenvalue weighted by atomic mass is 10.2. The number of anilines is 1. The smallest absolute Gasteiger partial charge is 0.410 e. The number of carbonyl (C=O) groups excluding carboxylic acids is 1. The highest BCUT2D eigenvalue weighted by atomic mass is 79.9. The van der Waals surface area contributed by atoms with Crippen molar-refractivity contribution in [3.63, 3.8) is 0 Å². The Morgan fingerprint density at radius 2 is 2.09 bits per heavy atom. The molecule has 1 aromatic carbocycles. The summed E-state index contributed by atoms with van der Waals surface area (Å²) in [6.45, 7) is 6.37. The van der Waals surface area contributed by atoms with E-state index >= 15 is 0 Å². The molecule has 0 saturated carbocycles. The van der Waals surface area contributed by atoms with Crippen molar-refractivity contribution >= 4 is 27.7 Å². The predicted molar refractivity (Wildman–Crippen MR) is 83.9 cm³/mol. The molecule has 0 radical (unpaired) electrons. The average molecular weight is 377 g/mol. The molecule has 2 rings (SSSR count). The fraction of sp³-hybridized carbons (Fsp3) is 0.533. The van der Waals surface area contributed by atoms with Crippen molar-refractivity contribution in [2.24, 2.45) is 0 Å². The predicted octanol–water partition coefficient (Wildman–Crippen LogP) is 4.15. The van der Waals surface area contributed by atoms with E-state index in [1.165, 1.54) is 6.07 Å². The van der Waals surface area contributed by atoms with E-state index in [0.717, 1.165) is 6.07 Å². The summed E-state index contributed by atoms with van der Waals surface area (Å²) < 4.78 is 32.5. The fourth-order valence-electron chi connectivity index (χ4n) is 2.25. The first-order chi connectivity index (χ1) is 10.2. The number of carbonyl (C=O) groups is 1. The Morgan fingerprint density at radius 1 is 1.41 bits per heavy atom. The zero-order valence-corrected chi connectivity index (χ0v) is 14.3. The first kappa shape index (κ1) is 17.0. The molecule has 122 valence electrons. The van der Waals surface area contributed by atoms with Crippen LogP contribution in [0.15, 0.2) is 16.6 Å². The van der Waals surface area contributed by atoms with Gasteiger partial charge in [-0.1, -0.05) is 0 Å². The second-order valence-corrected chi connectivity index (χ2v) is 7.16. The van der Waals surface area contributed by atoms with E-state index in [1.807, 2.05) is 20.8 Å². The van der Waals surface area contributed by atoms with Crippen LogP contribution in [0.2, 0.25) is 0 Å². The summed E-state index contributed by atoms with van der Waals surface area (Å²) >= 11 is 3.14. The van der Waals surface area contributed by atoms with E-state index < -0.39 is 17.2 Å². The summed E-state index contributed by atoms with van der Waals surface area (Å²) in [5.41, 5.74) is -0.341. The van der Waals surface area contributed by atoms with Gasteiger partial charge in [0, 0.05) is 29.7 Å². The standard InChI is InChI=1S/C15H19BrF2N2O2/c1-15(2,3)22-14(21)20-5-4-10(8-20)19-13-11(16)6-9(17)7-12(13)18/h6-7,10,19H,4-5,8H2,1-3H3. The lowest BCUT2D eigenvalue weighted by Crippen LogP contribution is -2.36. The van der Waals surface area contributed by atoms with Gasteiger partial charge in [0.05, 0.1) is 5.69 Å². The molecule has 1 aliphatic heterocycles. The molecule has 0 aliphatic carbocycles. The fourth-order valence-corrected chi connectivity index (χ4v) is 2.78. The normalized spacial score (nSPS) is 18.5. The average Bonchev–Trinajstić information content (AvgIpc) is 2.80. The molecule has 1 amide bonds. The van der Waals surface area contributed by atoms with Crippen molar-refractivity contribution in [1.29, 1.82) is 0 Å². The molecule has 1 atom stereocenters. The third-order valence-corrected chi connectivity index (χ3v) is 3.82. The van der Waals surface area contributed by atoms with Crippen molar-refractivity contribution < 1.29 is 18.3 Å². The lowest BCUT2D eigenvalue weighted by Gasteiger charge is -2.24. The molecule has 0 bridgehead atoms. The van der Waals surface area contributed by atoms with Gasteiger partial charge in [0.15, 0.2) is 0 Å². The summed E-state index contributed by atoms with van der Waals surface area (Å²) in [7, 11) is 0. The molecule has 1 unspecified atom stereocenters. The van der Waals surface area contributed by atoms with Crippen LogP contribution < -0.4 is 5.32 Å². The van der Waals surface area contributed by atoms with Crippen molar-refractivity contribution in [1.82, 2.24) is 4.90 Å². The number of hydrogen-bond acceptors (Lipinski definition) is 3. The number of rotatable bonds is 2. The minimum absolute atomic E-state index is 0.108. The van der Waals surface area contributed by atoms with E-state index in [9.17, 15) is 13.6 Å². The first-order valence-corrected chi connectivity index (χ1v) is 7.84. The van der Waals surface area contributed by atoms with Crippen LogP contribution in [0.1, 0.15) is 27.2 Å². The van der Waals surface area contributed by atoms with E-state index in [-0.39, 0.29) is 17.8 Å². The highest BCUT2D eigenvalue weighted by Gasteiger charge is 2.30. The summed E-state index contributed by atoms with van der Waals surface area (Å²) in [4.78, 5) is 13.6. The van der Waals surface area contributed by atoms with Crippen molar-refractivity contribution in [3.8, 4) is 0 Å². The molecule has 1 saturated heterocycles. The Hall–Kier alpha value is -1.37. The molecule has 1 N–H and O–H groups in total. The van der Waals surface area contributed by atoms with E-state index in [4.69, 9.17) is 4.74 Å². The van der Waals surface area contributed by atoms with Gasteiger partial charge in [-0.3, -0.25) is 0 Å². The van der Waals surface area contributed by atoms with Gasteiger partial charge in [-0.15, -0.1) is 0 Å². The van der Waals surface area contributed by atoms with Gasteiger partial charge in [-0.05, 0) is 49.2 Å². The van der Waals surface area contributed by atoms with Gasteiger partial charge in [-0.2, -0.15) is 0 Å². The molecule has 4 nitrogen and oxygen atoms in total. The van der Waals surface area contributed by atoms with Crippen LogP contribution in [0.25, 0.3) is 0 Å². The zero-order valence-electron chi connectivity index (χ0n) is 12.8. The maximum Gasteiger partial charge on any atom is 0.410 e. The lowest BCUT2D eigenvalue weighted by molar-refractivity contribution is 0.0293. The topological polar surface area (TPSA) is 41.6 Å². The third kappa shape index (κ3) is 4.32. The van der Waals surface area contributed by atoms with Crippen LogP contribution in [0, 0.1) is 11.6 Å². The quantitative estimate of drug-likeness (QED) is 0.842. The summed E-state index contributed by atoms with van der Waals surface area (Å²) in [5.74, 6) is -1.31. The molecule has 22 heavy (non-hydrogen) atoms. The van der Waals surface area contributed by atoms with Crippen LogP contribution in [-0.2, 0) is 4.74 Å². The van der Waals surface area contributed by atoms with Crippen molar-refractivity contribution in [3.05, 3.63) is 28.2 Å². The first-order valence-electron chi connectivity index (χ1n) is 7.05. The minimum Gasteiger partial charge on any atom is -0.444 e. The molecular weight excluding hydrogens is 358 g/mol. The largest absolute Gasteiger partial charge is 0.444 e. The number of nitrogens with one attached hydrogen (secondary N) is 1. The van der Waals surface area contributed by atoms with E-state index in [1.54, 1.807) is 4.90 Å². The number of hydrogen-bond donors (Lipinski definition) is 1. The molecule has 1 aliphatic rings. The maximum atomic E-state index is 13.8. The Balaban J connectivity index is 1.99. The Bertz CT molecular complexity index is 552. The molecular formula is C15H19BrF2N2O2. The summed E-state index contributed by atoms with van der Waals surface area (Å²) in [5, 5.41) is 3.01. The third-order valence-electron chi connectivity index (χ3n) is 3.20. The highest BCUT2D eigenvalue weighted by Crippen LogP contribution is 2.29. The number of amides is 1. The van der Waals surface area contributed by atoms with E-state index in [0.29, 0.717) is 24.0 Å². The van der Waals surface area contributed by atoms with Crippen LogP contribution >= 0.6 is 15.9 Å². The Labute approximate surface area is 136 Å². The van der Waals surface area contributed by atoms with Gasteiger partial charge >= 0.3 is 6.09 Å². The molecule has 0 aromatic heterocycles. The van der Waals surface area contributed by atoms with Crippen molar-refractivity contribution in [2.75, 3.05) is 18.4 Å². The number of nitrogens with zero attached hydrogens (tertiary/aromatic N) is 1. The molecule has 7 heteroatoms. The highest BCUT2D eigenvalue weighted by molar-refractivity contribution is 9.10. The van der Waals surface area contributed by atoms with Gasteiger partial charge in [0.25, 0.3) is 0 Å². The summed E-state index contributed by atoms with van der Waals surface area (Å²) in [6, 6.07) is 1.92. The van der Waals surface area contributed by atoms with Crippen LogP contribution in [0.5, 0.6) is 0 Å². The molecule has 1 aromatic rings. The number of benzene rings is 1. The SMILES string of the molecule is CC(C)(C)OC(=O)N1CCC(Nc2c(F)cc(F)cc2Br)C1. The molecule has 1 fully saturated rings. The number of likely N-dealkylation sites (tertiary alicyclic amines) is 1. The van der Waals surface area contributed by atoms with Crippen molar-refractivity contribution in [2.45, 2.75) is 38.8 Å². The van der Waals surface area contributed by atoms with Gasteiger partial charge < -0.3 is 15.0 Å². The maximum absolute atomic E-state index is 13.8. The monoisotopic (exact) mass is 376 g/mol. The Kier molecular flexibility index (Phi) is 4.94. The van der Waals surface area contributed by atoms with Gasteiger partial charge in [0.2, 0.25) is 0 Å². The summed E-state index contributed by atoms with van der Waals surface area (Å²) in [6.07, 6.45) is 0.290. The Morgan fingerprint density at radius 3 is 2.68 bits per heavy atom. The van der Waals surface area contributed by atoms with Crippen LogP contribution in [0.4, 0.5) is 19.3 Å². The van der Waals surface area contributed by atoms with Crippen LogP contribution in [-0.4, -0.2) is 35.7 Å². The molecule has 0 spiro atoms. The molecule has 1 heterocycles. The minimum atomic E-state index is -0.664. The van der Waals surface area contributed by atoms with Gasteiger partial charge in [0.1, 0.15) is 17.2 Å². The van der Waals surface area contributed by atoms with E-state index in [2.05, 4.69) is 21.2 Å². The number of halogens is 3. The zero-order chi connectivity index (χ0) is 16.5. The second-order valence-electron chi connectivity index (χ2n) is 6.30. The van der Waals surface area contributed by atoms with Crippen LogP contribution in [0.3, 0.4) is 0 Å².